The largest absolute Gasteiger partial charge is 0.288 e. The zero-order valence-electron chi connectivity index (χ0n) is 11.6. The molecule has 4 nitrogen and oxygen atoms in total. The first-order valence-corrected chi connectivity index (χ1v) is 6.19. The third-order valence-corrected chi connectivity index (χ3v) is 2.91. The van der Waals surface area contributed by atoms with E-state index in [1.54, 1.807) is 6.08 Å². The molecule has 0 fully saturated rings. The zero-order chi connectivity index (χ0) is 14.2. The van der Waals surface area contributed by atoms with Gasteiger partial charge in [0.25, 0.3) is 5.91 Å². The van der Waals surface area contributed by atoms with Gasteiger partial charge in [-0.05, 0) is 45.9 Å². The van der Waals surface area contributed by atoms with Gasteiger partial charge in [0.2, 0.25) is 0 Å². The zero-order valence-corrected chi connectivity index (χ0v) is 11.6. The molecule has 0 radical (unpaired) electrons. The maximum atomic E-state index is 11.9. The van der Waals surface area contributed by atoms with E-state index in [4.69, 9.17) is 0 Å². The van der Waals surface area contributed by atoms with E-state index in [0.29, 0.717) is 10.9 Å². The Morgan fingerprint density at radius 2 is 2.00 bits per heavy atom. The normalized spacial score (nSPS) is 16.7. The predicted molar refractivity (Wildman–Crippen MR) is 72.9 cm³/mol. The van der Waals surface area contributed by atoms with E-state index in [1.807, 2.05) is 45.9 Å². The number of benzene rings is 1. The van der Waals surface area contributed by atoms with Gasteiger partial charge in [0, 0.05) is 11.4 Å². The van der Waals surface area contributed by atoms with E-state index >= 15 is 0 Å². The van der Waals surface area contributed by atoms with Crippen LogP contribution in [0.3, 0.4) is 0 Å². The predicted octanol–water partition coefficient (Wildman–Crippen LogP) is 1.31. The summed E-state index contributed by atoms with van der Waals surface area (Å²) in [5, 5.41) is 12.5. The Morgan fingerprint density at radius 1 is 1.32 bits per heavy atom. The summed E-state index contributed by atoms with van der Waals surface area (Å²) in [5.74, 6) is -0.334. The number of carbonyl (C=O) groups excluding carboxylic acids is 1. The molecule has 0 bridgehead atoms. The van der Waals surface area contributed by atoms with Gasteiger partial charge >= 0.3 is 0 Å². The average molecular weight is 258 g/mol. The highest BCUT2D eigenvalue weighted by molar-refractivity contribution is 6.02. The van der Waals surface area contributed by atoms with Gasteiger partial charge in [0.1, 0.15) is 0 Å². The third kappa shape index (κ3) is 2.90. The number of hydrogen-bond acceptors (Lipinski definition) is 3. The maximum absolute atomic E-state index is 11.9. The van der Waals surface area contributed by atoms with E-state index < -0.39 is 5.54 Å². The molecule has 1 aromatic rings. The second-order valence-electron chi connectivity index (χ2n) is 5.72. The number of rotatable bonds is 1. The van der Waals surface area contributed by atoms with Crippen molar-refractivity contribution in [3.8, 4) is 0 Å². The summed E-state index contributed by atoms with van der Waals surface area (Å²) in [5.41, 5.74) is 1.03. The summed E-state index contributed by atoms with van der Waals surface area (Å²) in [6.45, 7) is 7.55. The van der Waals surface area contributed by atoms with Gasteiger partial charge in [-0.2, -0.15) is 0 Å². The molecule has 2 rings (SSSR count). The molecule has 1 aliphatic heterocycles. The van der Waals surface area contributed by atoms with Crippen LogP contribution in [0.2, 0.25) is 0 Å². The van der Waals surface area contributed by atoms with Crippen molar-refractivity contribution < 1.29 is 10.0 Å². The van der Waals surface area contributed by atoms with E-state index in [0.717, 1.165) is 15.8 Å². The van der Waals surface area contributed by atoms with Crippen LogP contribution in [0.5, 0.6) is 0 Å². The molecule has 100 valence electrons. The van der Waals surface area contributed by atoms with E-state index in [1.165, 1.54) is 6.20 Å². The second kappa shape index (κ2) is 4.63. The first kappa shape index (κ1) is 13.5. The quantitative estimate of drug-likeness (QED) is 0.610. The highest BCUT2D eigenvalue weighted by Gasteiger charge is 2.19. The SMILES string of the molecule is Cc1ccc2c(c1)=CC(=CN(O)C(C)(C)C)C(=O)N=2. The lowest BCUT2D eigenvalue weighted by atomic mass is 10.1. The Bertz CT molecular complexity index is 666. The Kier molecular flexibility index (Phi) is 3.28. The Balaban J connectivity index is 2.51. The highest BCUT2D eigenvalue weighted by atomic mass is 16.5. The van der Waals surface area contributed by atoms with Gasteiger partial charge in [-0.25, -0.2) is 4.99 Å². The van der Waals surface area contributed by atoms with Crippen molar-refractivity contribution in [2.24, 2.45) is 4.99 Å². The Labute approximate surface area is 112 Å². The van der Waals surface area contributed by atoms with E-state index in [2.05, 4.69) is 4.99 Å². The van der Waals surface area contributed by atoms with Crippen LogP contribution in [0.1, 0.15) is 26.3 Å². The minimum absolute atomic E-state index is 0.334. The molecule has 0 aliphatic carbocycles. The number of fused-ring (bicyclic) bond motifs is 1. The molecule has 19 heavy (non-hydrogen) atoms. The van der Waals surface area contributed by atoms with Crippen molar-refractivity contribution in [2.45, 2.75) is 33.2 Å². The fraction of sp³-hybridized carbons (Fsp3) is 0.333. The van der Waals surface area contributed by atoms with Crippen LogP contribution >= 0.6 is 0 Å². The molecule has 0 spiro atoms. The van der Waals surface area contributed by atoms with Crippen LogP contribution in [0.25, 0.3) is 6.08 Å². The number of hydrogen-bond donors (Lipinski definition) is 1. The molecule has 1 aromatic carbocycles. The molecule has 1 aliphatic rings. The third-order valence-electron chi connectivity index (χ3n) is 2.91. The first-order valence-electron chi connectivity index (χ1n) is 6.19. The van der Waals surface area contributed by atoms with Crippen LogP contribution in [0.4, 0.5) is 0 Å². The molecule has 1 N–H and O–H groups in total. The monoisotopic (exact) mass is 258 g/mol. The van der Waals surface area contributed by atoms with Gasteiger partial charge in [-0.15, -0.1) is 0 Å². The van der Waals surface area contributed by atoms with Crippen LogP contribution in [-0.2, 0) is 4.79 Å². The van der Waals surface area contributed by atoms with E-state index in [9.17, 15) is 10.0 Å². The minimum atomic E-state index is -0.464. The van der Waals surface area contributed by atoms with Crippen molar-refractivity contribution in [1.82, 2.24) is 5.06 Å². The van der Waals surface area contributed by atoms with Crippen LogP contribution < -0.4 is 10.6 Å². The molecule has 1 amide bonds. The number of aryl methyl sites for hydroxylation is 1. The van der Waals surface area contributed by atoms with Crippen molar-refractivity contribution in [3.05, 3.63) is 46.1 Å². The van der Waals surface area contributed by atoms with Gasteiger partial charge in [0.15, 0.2) is 0 Å². The lowest BCUT2D eigenvalue weighted by Gasteiger charge is -2.28. The topological polar surface area (TPSA) is 52.9 Å². The molecule has 1 heterocycles. The Morgan fingerprint density at radius 3 is 2.63 bits per heavy atom. The molecule has 0 atom stereocenters. The minimum Gasteiger partial charge on any atom is -0.288 e. The number of nitrogens with zero attached hydrogens (tertiary/aromatic N) is 2. The standard InChI is InChI=1S/C15H18N2O2/c1-10-5-6-13-11(7-10)8-12(14(18)16-13)9-17(19)15(2,3)4/h5-9,19H,1-4H3. The smallest absolute Gasteiger partial charge is 0.279 e. The fourth-order valence-corrected chi connectivity index (χ4v) is 1.71. The fourth-order valence-electron chi connectivity index (χ4n) is 1.71. The van der Waals surface area contributed by atoms with Crippen molar-refractivity contribution in [1.29, 1.82) is 0 Å². The molecule has 0 saturated carbocycles. The first-order chi connectivity index (χ1) is 8.77. The summed E-state index contributed by atoms with van der Waals surface area (Å²) in [6, 6.07) is 5.72. The van der Waals surface area contributed by atoms with Gasteiger partial charge < -0.3 is 0 Å². The van der Waals surface area contributed by atoms with Gasteiger partial charge in [-0.3, -0.25) is 15.1 Å². The summed E-state index contributed by atoms with van der Waals surface area (Å²) >= 11 is 0. The summed E-state index contributed by atoms with van der Waals surface area (Å²) < 4.78 is 0. The van der Waals surface area contributed by atoms with Crippen molar-refractivity contribution in [2.75, 3.05) is 0 Å². The number of amides is 1. The van der Waals surface area contributed by atoms with Crippen LogP contribution in [0.15, 0.2) is 35.0 Å². The highest BCUT2D eigenvalue weighted by Crippen LogP contribution is 2.13. The molecular weight excluding hydrogens is 240 g/mol. The maximum Gasteiger partial charge on any atom is 0.279 e. The van der Waals surface area contributed by atoms with Gasteiger partial charge in [-0.1, -0.05) is 11.6 Å². The second-order valence-corrected chi connectivity index (χ2v) is 5.72. The lowest BCUT2D eigenvalue weighted by Crippen LogP contribution is -2.36. The van der Waals surface area contributed by atoms with Crippen LogP contribution in [-0.4, -0.2) is 21.7 Å². The summed E-state index contributed by atoms with van der Waals surface area (Å²) in [4.78, 5) is 15.9. The molecular formula is C15H18N2O2. The molecule has 0 unspecified atom stereocenters. The average Bonchev–Trinajstić information content (AvgIpc) is 2.29. The van der Waals surface area contributed by atoms with E-state index in [-0.39, 0.29) is 5.91 Å². The van der Waals surface area contributed by atoms with Crippen molar-refractivity contribution in [3.63, 3.8) is 0 Å². The molecule has 0 saturated heterocycles. The molecule has 4 heteroatoms. The number of hydroxylamine groups is 2. The lowest BCUT2D eigenvalue weighted by molar-refractivity contribution is -0.118. The number of carbonyl (C=O) groups is 1. The summed E-state index contributed by atoms with van der Waals surface area (Å²) in [6.07, 6.45) is 3.18. The van der Waals surface area contributed by atoms with Crippen LogP contribution in [0, 0.1) is 6.92 Å². The van der Waals surface area contributed by atoms with Gasteiger partial charge in [0.05, 0.1) is 16.5 Å². The summed E-state index contributed by atoms with van der Waals surface area (Å²) in [7, 11) is 0. The van der Waals surface area contributed by atoms with Crippen molar-refractivity contribution >= 4 is 12.0 Å². The Hall–Kier alpha value is -1.94. The molecule has 0 aromatic heterocycles.